The molecule has 25 heavy (non-hydrogen) atoms. The van der Waals surface area contributed by atoms with E-state index >= 15 is 0 Å². The van der Waals surface area contributed by atoms with Crippen LogP contribution in [0.2, 0.25) is 5.02 Å². The highest BCUT2D eigenvalue weighted by Crippen LogP contribution is 2.20. The monoisotopic (exact) mass is 369 g/mol. The van der Waals surface area contributed by atoms with Crippen molar-refractivity contribution in [2.75, 3.05) is 44.7 Å². The number of nitrogens with one attached hydrogen (secondary N) is 2. The van der Waals surface area contributed by atoms with Crippen molar-refractivity contribution in [1.29, 1.82) is 0 Å². The van der Waals surface area contributed by atoms with Gasteiger partial charge in [-0.1, -0.05) is 17.7 Å². The number of rotatable bonds is 8. The van der Waals surface area contributed by atoms with E-state index in [1.165, 1.54) is 0 Å². The second kappa shape index (κ2) is 9.72. The fraction of sp³-hybridized carbons (Fsp3) is 0.529. The predicted molar refractivity (Wildman–Crippen MR) is 96.1 cm³/mol. The number of amides is 1. The Balaban J connectivity index is 1.79. The summed E-state index contributed by atoms with van der Waals surface area (Å²) in [6.07, 6.45) is -0.149. The van der Waals surface area contributed by atoms with E-state index in [2.05, 4.69) is 15.5 Å². The maximum absolute atomic E-state index is 12.1. The number of aliphatic carboxylic acids is 1. The van der Waals surface area contributed by atoms with Crippen LogP contribution in [-0.4, -0.2) is 67.3 Å². The van der Waals surface area contributed by atoms with Crippen molar-refractivity contribution in [3.63, 3.8) is 0 Å². The van der Waals surface area contributed by atoms with Gasteiger partial charge in [-0.25, -0.2) is 0 Å². The molecule has 1 aliphatic heterocycles. The molecule has 1 amide bonds. The summed E-state index contributed by atoms with van der Waals surface area (Å²) in [5.41, 5.74) is 1.46. The largest absolute Gasteiger partial charge is 0.480 e. The molecule has 1 aromatic rings. The number of carbonyl (C=O) groups is 2. The van der Waals surface area contributed by atoms with E-state index in [1.54, 1.807) is 18.2 Å². The molecule has 1 aliphatic rings. The van der Waals surface area contributed by atoms with Crippen molar-refractivity contribution in [3.8, 4) is 0 Å². The van der Waals surface area contributed by atoms with Gasteiger partial charge in [0, 0.05) is 36.9 Å². The summed E-state index contributed by atoms with van der Waals surface area (Å²) in [5.74, 6) is -1.41. The molecule has 0 bridgehead atoms. The molecule has 0 saturated carbocycles. The lowest BCUT2D eigenvalue weighted by atomic mass is 10.2. The van der Waals surface area contributed by atoms with Crippen LogP contribution >= 0.6 is 11.6 Å². The Morgan fingerprint density at radius 3 is 2.72 bits per heavy atom. The molecule has 1 saturated heterocycles. The van der Waals surface area contributed by atoms with Crippen LogP contribution < -0.4 is 10.6 Å². The highest BCUT2D eigenvalue weighted by Gasteiger charge is 2.21. The van der Waals surface area contributed by atoms with Crippen molar-refractivity contribution in [2.45, 2.75) is 19.4 Å². The summed E-state index contributed by atoms with van der Waals surface area (Å²) in [7, 11) is 0. The summed E-state index contributed by atoms with van der Waals surface area (Å²) in [4.78, 5) is 25.7. The number of nitrogens with zero attached hydrogens (tertiary/aromatic N) is 1. The number of hydrogen-bond acceptors (Lipinski definition) is 5. The molecule has 0 spiro atoms. The third-order valence-corrected chi connectivity index (χ3v) is 4.47. The average molecular weight is 370 g/mol. The summed E-state index contributed by atoms with van der Waals surface area (Å²) in [5, 5.41) is 15.5. The van der Waals surface area contributed by atoms with E-state index < -0.39 is 12.0 Å². The van der Waals surface area contributed by atoms with Gasteiger partial charge in [0.1, 0.15) is 6.04 Å². The average Bonchev–Trinajstić information content (AvgIpc) is 2.58. The normalized spacial score (nSPS) is 16.4. The van der Waals surface area contributed by atoms with Crippen LogP contribution in [0.15, 0.2) is 18.2 Å². The number of aryl methyl sites for hydroxylation is 1. The van der Waals surface area contributed by atoms with Crippen molar-refractivity contribution in [1.82, 2.24) is 10.2 Å². The second-order valence-corrected chi connectivity index (χ2v) is 6.42. The van der Waals surface area contributed by atoms with Gasteiger partial charge in [-0.05, 0) is 24.6 Å². The van der Waals surface area contributed by atoms with Gasteiger partial charge in [-0.15, -0.1) is 0 Å². The van der Waals surface area contributed by atoms with Gasteiger partial charge in [-0.2, -0.15) is 0 Å². The van der Waals surface area contributed by atoms with Crippen molar-refractivity contribution in [3.05, 3.63) is 28.8 Å². The highest BCUT2D eigenvalue weighted by molar-refractivity contribution is 6.31. The van der Waals surface area contributed by atoms with Crippen LogP contribution in [0, 0.1) is 6.92 Å². The number of carbonyl (C=O) groups excluding carboxylic acids is 1. The molecular weight excluding hydrogens is 346 g/mol. The first-order chi connectivity index (χ1) is 12.0. The zero-order chi connectivity index (χ0) is 18.2. The first-order valence-corrected chi connectivity index (χ1v) is 8.66. The topological polar surface area (TPSA) is 90.9 Å². The van der Waals surface area contributed by atoms with Crippen LogP contribution in [0.25, 0.3) is 0 Å². The SMILES string of the molecule is Cc1ccc(NC(=O)C[C@@H](NCCN2CCOCC2)C(=O)O)cc1Cl. The standard InChI is InChI=1S/C17H24ClN3O4/c1-12-2-3-13(10-14(12)18)20-16(22)11-15(17(23)24)19-4-5-21-6-8-25-9-7-21/h2-3,10,15,19H,4-9,11H2,1H3,(H,20,22)(H,23,24)/t15-/m1/s1. The van der Waals surface area contributed by atoms with Crippen LogP contribution in [0.3, 0.4) is 0 Å². The molecule has 0 unspecified atom stereocenters. The van der Waals surface area contributed by atoms with Crippen LogP contribution in [0.5, 0.6) is 0 Å². The fourth-order valence-electron chi connectivity index (χ4n) is 2.54. The zero-order valence-electron chi connectivity index (χ0n) is 14.3. The molecule has 1 aromatic carbocycles. The number of ether oxygens (including phenoxy) is 1. The van der Waals surface area contributed by atoms with E-state index in [0.717, 1.165) is 25.2 Å². The number of benzene rings is 1. The predicted octanol–water partition coefficient (Wildman–Crippen LogP) is 1.35. The number of morpholine rings is 1. The van der Waals surface area contributed by atoms with E-state index in [1.807, 2.05) is 6.92 Å². The molecule has 1 fully saturated rings. The lowest BCUT2D eigenvalue weighted by molar-refractivity contribution is -0.141. The minimum atomic E-state index is -1.04. The van der Waals surface area contributed by atoms with Gasteiger partial charge in [0.05, 0.1) is 19.6 Å². The van der Waals surface area contributed by atoms with E-state index in [4.69, 9.17) is 16.3 Å². The molecule has 7 nitrogen and oxygen atoms in total. The number of carboxylic acid groups (broad SMARTS) is 1. The molecule has 1 heterocycles. The number of halogens is 1. The Bertz CT molecular complexity index is 606. The number of hydrogen-bond donors (Lipinski definition) is 3. The maximum atomic E-state index is 12.1. The Morgan fingerprint density at radius 2 is 2.08 bits per heavy atom. The number of carboxylic acids is 1. The van der Waals surface area contributed by atoms with Crippen LogP contribution in [0.1, 0.15) is 12.0 Å². The summed E-state index contributed by atoms with van der Waals surface area (Å²) < 4.78 is 5.27. The summed E-state index contributed by atoms with van der Waals surface area (Å²) in [6.45, 7) is 6.17. The molecule has 0 radical (unpaired) electrons. The molecule has 1 atom stereocenters. The van der Waals surface area contributed by atoms with E-state index in [9.17, 15) is 14.7 Å². The molecule has 138 valence electrons. The lowest BCUT2D eigenvalue weighted by Crippen LogP contribution is -2.45. The molecule has 8 heteroatoms. The summed E-state index contributed by atoms with van der Waals surface area (Å²) >= 11 is 6.02. The molecular formula is C17H24ClN3O4. The first kappa shape index (κ1) is 19.7. The Hall–Kier alpha value is -1.67. The molecule has 3 N–H and O–H groups in total. The molecule has 2 rings (SSSR count). The first-order valence-electron chi connectivity index (χ1n) is 8.28. The Labute approximate surface area is 152 Å². The van der Waals surface area contributed by atoms with Gasteiger partial charge >= 0.3 is 5.97 Å². The Morgan fingerprint density at radius 1 is 1.36 bits per heavy atom. The van der Waals surface area contributed by atoms with Crippen molar-refractivity contribution < 1.29 is 19.4 Å². The molecule has 0 aromatic heterocycles. The van der Waals surface area contributed by atoms with Crippen LogP contribution in [0.4, 0.5) is 5.69 Å². The van der Waals surface area contributed by atoms with Crippen molar-refractivity contribution >= 4 is 29.2 Å². The van der Waals surface area contributed by atoms with Gasteiger partial charge in [0.25, 0.3) is 0 Å². The van der Waals surface area contributed by atoms with Crippen molar-refractivity contribution in [2.24, 2.45) is 0 Å². The zero-order valence-corrected chi connectivity index (χ0v) is 15.0. The lowest BCUT2D eigenvalue weighted by Gasteiger charge is -2.27. The summed E-state index contributed by atoms with van der Waals surface area (Å²) in [6, 6.07) is 4.26. The maximum Gasteiger partial charge on any atom is 0.321 e. The van der Waals surface area contributed by atoms with Gasteiger partial charge in [0.15, 0.2) is 0 Å². The van der Waals surface area contributed by atoms with E-state index in [-0.39, 0.29) is 12.3 Å². The smallest absolute Gasteiger partial charge is 0.321 e. The van der Waals surface area contributed by atoms with Crippen LogP contribution in [-0.2, 0) is 14.3 Å². The van der Waals surface area contributed by atoms with Gasteiger partial charge in [-0.3, -0.25) is 14.5 Å². The third-order valence-electron chi connectivity index (χ3n) is 4.07. The highest BCUT2D eigenvalue weighted by atomic mass is 35.5. The second-order valence-electron chi connectivity index (χ2n) is 6.02. The fourth-order valence-corrected chi connectivity index (χ4v) is 2.72. The minimum Gasteiger partial charge on any atom is -0.480 e. The number of anilines is 1. The molecule has 0 aliphatic carbocycles. The van der Waals surface area contributed by atoms with Gasteiger partial charge < -0.3 is 20.5 Å². The van der Waals surface area contributed by atoms with E-state index in [0.29, 0.717) is 30.5 Å². The Kier molecular flexibility index (Phi) is 7.64. The van der Waals surface area contributed by atoms with Gasteiger partial charge in [0.2, 0.25) is 5.91 Å². The minimum absolute atomic E-state index is 0.149. The third kappa shape index (κ3) is 6.62. The quantitative estimate of drug-likeness (QED) is 0.641.